The van der Waals surface area contributed by atoms with E-state index in [0.29, 0.717) is 25.3 Å². The lowest BCUT2D eigenvalue weighted by atomic mass is 10.1. The van der Waals surface area contributed by atoms with Crippen LogP contribution >= 0.6 is 23.1 Å². The van der Waals surface area contributed by atoms with Crippen LogP contribution in [0.2, 0.25) is 0 Å². The Morgan fingerprint density at radius 3 is 2.88 bits per heavy atom. The molecule has 0 aliphatic carbocycles. The van der Waals surface area contributed by atoms with Gasteiger partial charge in [-0.25, -0.2) is 4.98 Å². The van der Waals surface area contributed by atoms with Gasteiger partial charge in [-0.3, -0.25) is 9.59 Å². The zero-order valence-corrected chi connectivity index (χ0v) is 16.5. The van der Waals surface area contributed by atoms with Crippen LogP contribution in [-0.2, 0) is 27.2 Å². The number of esters is 1. The molecule has 26 heavy (non-hydrogen) atoms. The third kappa shape index (κ3) is 6.68. The molecule has 0 aliphatic rings. The number of amides is 1. The summed E-state index contributed by atoms with van der Waals surface area (Å²) in [6, 6.07) is 7.76. The first kappa shape index (κ1) is 20.3. The Hall–Kier alpha value is -2.06. The fraction of sp³-hybridized carbons (Fsp3) is 0.389. The summed E-state index contributed by atoms with van der Waals surface area (Å²) >= 11 is 2.79. The Morgan fingerprint density at radius 2 is 2.12 bits per heavy atom. The summed E-state index contributed by atoms with van der Waals surface area (Å²) < 4.78 is 11.0. The lowest BCUT2D eigenvalue weighted by molar-refractivity contribution is -0.142. The molecule has 0 radical (unpaired) electrons. The minimum atomic E-state index is -0.288. The number of methoxy groups -OCH3 is 1. The van der Waals surface area contributed by atoms with Gasteiger partial charge in [-0.15, -0.1) is 11.3 Å². The minimum absolute atomic E-state index is 0.0490. The van der Waals surface area contributed by atoms with E-state index in [1.54, 1.807) is 14.0 Å². The second-order valence-electron chi connectivity index (χ2n) is 5.29. The molecule has 0 aliphatic heterocycles. The van der Waals surface area contributed by atoms with E-state index in [2.05, 4.69) is 10.3 Å². The molecule has 2 rings (SSSR count). The fourth-order valence-electron chi connectivity index (χ4n) is 2.22. The summed E-state index contributed by atoms with van der Waals surface area (Å²) in [5.74, 6) is 0.779. The zero-order chi connectivity index (χ0) is 18.8. The number of ether oxygens (including phenoxy) is 2. The van der Waals surface area contributed by atoms with E-state index in [0.717, 1.165) is 15.7 Å². The van der Waals surface area contributed by atoms with Gasteiger partial charge in [0.15, 0.2) is 4.34 Å². The minimum Gasteiger partial charge on any atom is -0.496 e. The molecule has 8 heteroatoms. The van der Waals surface area contributed by atoms with Crippen LogP contribution in [0.15, 0.2) is 34.0 Å². The van der Waals surface area contributed by atoms with Gasteiger partial charge >= 0.3 is 5.97 Å². The lowest BCUT2D eigenvalue weighted by Gasteiger charge is -2.08. The van der Waals surface area contributed by atoms with Crippen LogP contribution in [0, 0.1) is 0 Å². The highest BCUT2D eigenvalue weighted by Gasteiger charge is 2.10. The molecule has 0 atom stereocenters. The van der Waals surface area contributed by atoms with Gasteiger partial charge in [0, 0.05) is 11.9 Å². The number of hydrogen-bond donors (Lipinski definition) is 1. The summed E-state index contributed by atoms with van der Waals surface area (Å²) in [6.07, 6.45) is 0.872. The number of nitrogens with zero attached hydrogens (tertiary/aromatic N) is 1. The van der Waals surface area contributed by atoms with Gasteiger partial charge in [0.1, 0.15) is 5.75 Å². The number of hydrogen-bond acceptors (Lipinski definition) is 7. The normalized spacial score (nSPS) is 10.4. The average Bonchev–Trinajstić information content (AvgIpc) is 3.08. The van der Waals surface area contributed by atoms with Crippen molar-refractivity contribution in [3.8, 4) is 5.75 Å². The van der Waals surface area contributed by atoms with Gasteiger partial charge in [0.25, 0.3) is 0 Å². The first-order valence-corrected chi connectivity index (χ1v) is 10.1. The predicted molar refractivity (Wildman–Crippen MR) is 103 cm³/mol. The van der Waals surface area contributed by atoms with Crippen molar-refractivity contribution >= 4 is 35.0 Å². The predicted octanol–water partition coefficient (Wildman–Crippen LogP) is 2.71. The van der Waals surface area contributed by atoms with E-state index in [1.807, 2.05) is 29.6 Å². The molecule has 0 bridgehead atoms. The Kier molecular flexibility index (Phi) is 8.43. The van der Waals surface area contributed by atoms with E-state index in [1.165, 1.54) is 23.1 Å². The van der Waals surface area contributed by atoms with Crippen molar-refractivity contribution in [3.05, 3.63) is 40.9 Å². The lowest BCUT2D eigenvalue weighted by Crippen LogP contribution is -2.27. The molecule has 1 amide bonds. The van der Waals surface area contributed by atoms with Gasteiger partial charge in [-0.05, 0) is 25.0 Å². The Labute approximate surface area is 161 Å². The number of nitrogens with one attached hydrogen (secondary N) is 1. The molecule has 1 aromatic carbocycles. The third-order valence-corrected chi connectivity index (χ3v) is 5.47. The maximum absolute atomic E-state index is 12.0. The number of carbonyl (C=O) groups excluding carboxylic acids is 2. The molecule has 0 fully saturated rings. The second kappa shape index (κ2) is 10.8. The number of thioether (sulfide) groups is 1. The van der Waals surface area contributed by atoms with Crippen molar-refractivity contribution in [1.82, 2.24) is 10.3 Å². The van der Waals surface area contributed by atoms with Crippen LogP contribution in [0.4, 0.5) is 0 Å². The molecule has 2 aromatic rings. The van der Waals surface area contributed by atoms with Crippen LogP contribution < -0.4 is 10.1 Å². The maximum atomic E-state index is 12.0. The van der Waals surface area contributed by atoms with Gasteiger partial charge in [-0.1, -0.05) is 30.0 Å². The summed E-state index contributed by atoms with van der Waals surface area (Å²) in [4.78, 5) is 27.7. The maximum Gasteiger partial charge on any atom is 0.311 e. The smallest absolute Gasteiger partial charge is 0.311 e. The molecule has 0 saturated carbocycles. The van der Waals surface area contributed by atoms with Crippen molar-refractivity contribution in [3.63, 3.8) is 0 Å². The SMILES string of the molecule is CCOC(=O)Cc1csc(SCC(=O)NCCc2ccccc2OC)n1. The standard InChI is InChI=1S/C18H22N2O4S2/c1-3-24-17(22)10-14-11-25-18(20-14)26-12-16(21)19-9-8-13-6-4-5-7-15(13)23-2/h4-7,11H,3,8-10,12H2,1-2H3,(H,19,21). The van der Waals surface area contributed by atoms with E-state index in [-0.39, 0.29) is 24.1 Å². The van der Waals surface area contributed by atoms with Crippen molar-refractivity contribution in [2.75, 3.05) is 26.0 Å². The van der Waals surface area contributed by atoms with Crippen molar-refractivity contribution in [1.29, 1.82) is 0 Å². The van der Waals surface area contributed by atoms with Crippen LogP contribution in [0.3, 0.4) is 0 Å². The molecular weight excluding hydrogens is 372 g/mol. The summed E-state index contributed by atoms with van der Waals surface area (Å²) in [6.45, 7) is 2.68. The molecule has 6 nitrogen and oxygen atoms in total. The molecule has 0 unspecified atom stereocenters. The Morgan fingerprint density at radius 1 is 1.31 bits per heavy atom. The molecule has 1 aromatic heterocycles. The highest BCUT2D eigenvalue weighted by molar-refractivity contribution is 8.01. The number of thiazole rings is 1. The zero-order valence-electron chi connectivity index (χ0n) is 14.8. The highest BCUT2D eigenvalue weighted by Crippen LogP contribution is 2.23. The highest BCUT2D eigenvalue weighted by atomic mass is 32.2. The Balaban J connectivity index is 1.70. The number of para-hydroxylation sites is 1. The first-order chi connectivity index (χ1) is 12.6. The largest absolute Gasteiger partial charge is 0.496 e. The van der Waals surface area contributed by atoms with E-state index in [4.69, 9.17) is 9.47 Å². The number of aromatic nitrogens is 1. The molecule has 1 heterocycles. The third-order valence-electron chi connectivity index (χ3n) is 3.40. The second-order valence-corrected chi connectivity index (χ2v) is 7.37. The quantitative estimate of drug-likeness (QED) is 0.493. The Bertz CT molecular complexity index is 733. The fourth-order valence-corrected chi connectivity index (χ4v) is 3.89. The average molecular weight is 395 g/mol. The van der Waals surface area contributed by atoms with E-state index < -0.39 is 0 Å². The van der Waals surface area contributed by atoms with Crippen LogP contribution in [-0.4, -0.2) is 42.9 Å². The topological polar surface area (TPSA) is 77.5 Å². The number of benzene rings is 1. The van der Waals surface area contributed by atoms with E-state index >= 15 is 0 Å². The van der Waals surface area contributed by atoms with Crippen molar-refractivity contribution in [2.24, 2.45) is 0 Å². The number of carbonyl (C=O) groups is 2. The first-order valence-electron chi connectivity index (χ1n) is 8.23. The summed E-state index contributed by atoms with van der Waals surface area (Å²) in [7, 11) is 1.64. The molecule has 140 valence electrons. The number of rotatable bonds is 10. The molecular formula is C18H22N2O4S2. The van der Waals surface area contributed by atoms with Crippen LogP contribution in [0.1, 0.15) is 18.2 Å². The van der Waals surface area contributed by atoms with Gasteiger partial charge in [-0.2, -0.15) is 0 Å². The summed E-state index contributed by atoms with van der Waals surface area (Å²) in [5, 5.41) is 4.71. The van der Waals surface area contributed by atoms with Crippen LogP contribution in [0.25, 0.3) is 0 Å². The van der Waals surface area contributed by atoms with Crippen LogP contribution in [0.5, 0.6) is 5.75 Å². The monoisotopic (exact) mass is 394 g/mol. The summed E-state index contributed by atoms with van der Waals surface area (Å²) in [5.41, 5.74) is 1.74. The van der Waals surface area contributed by atoms with Gasteiger partial charge in [0.2, 0.25) is 5.91 Å². The van der Waals surface area contributed by atoms with Crippen molar-refractivity contribution in [2.45, 2.75) is 24.1 Å². The van der Waals surface area contributed by atoms with Gasteiger partial charge in [0.05, 0.1) is 31.6 Å². The molecule has 0 spiro atoms. The van der Waals surface area contributed by atoms with Crippen molar-refractivity contribution < 1.29 is 19.1 Å². The molecule has 1 N–H and O–H groups in total. The van der Waals surface area contributed by atoms with Gasteiger partial charge < -0.3 is 14.8 Å². The molecule has 0 saturated heterocycles. The van der Waals surface area contributed by atoms with E-state index in [9.17, 15) is 9.59 Å².